The molecule has 0 bridgehead atoms. The van der Waals surface area contributed by atoms with Crippen molar-refractivity contribution in [3.63, 3.8) is 0 Å². The van der Waals surface area contributed by atoms with Gasteiger partial charge in [-0.1, -0.05) is 18.2 Å². The molecule has 2 N–H and O–H groups in total. The van der Waals surface area contributed by atoms with Crippen molar-refractivity contribution < 1.29 is 18.3 Å². The molecule has 1 rings (SSSR count). The van der Waals surface area contributed by atoms with E-state index in [0.29, 0.717) is 5.56 Å². The zero-order valence-corrected chi connectivity index (χ0v) is 10.1. The van der Waals surface area contributed by atoms with Gasteiger partial charge in [-0.2, -0.15) is 0 Å². The van der Waals surface area contributed by atoms with Crippen LogP contribution in [-0.2, 0) is 10.0 Å². The zero-order chi connectivity index (χ0) is 13.1. The van der Waals surface area contributed by atoms with Gasteiger partial charge in [-0.15, -0.1) is 6.58 Å². The second-order valence-electron chi connectivity index (χ2n) is 3.47. The maximum atomic E-state index is 11.5. The zero-order valence-electron chi connectivity index (χ0n) is 9.30. The molecule has 0 radical (unpaired) electrons. The Morgan fingerprint density at radius 1 is 1.53 bits per heavy atom. The summed E-state index contributed by atoms with van der Waals surface area (Å²) in [6.45, 7) is 4.93. The van der Waals surface area contributed by atoms with Crippen molar-refractivity contribution in [2.45, 2.75) is 6.92 Å². The SMILES string of the molecule is C=CCS(=O)(=O)Nc1cccc(C)c1C(=O)O. The molecule has 5 nitrogen and oxygen atoms in total. The van der Waals surface area contributed by atoms with Crippen LogP contribution in [-0.4, -0.2) is 25.2 Å². The van der Waals surface area contributed by atoms with E-state index in [4.69, 9.17) is 5.11 Å². The van der Waals surface area contributed by atoms with Crippen molar-refractivity contribution in [2.75, 3.05) is 10.5 Å². The summed E-state index contributed by atoms with van der Waals surface area (Å²) in [5.41, 5.74) is 0.524. The van der Waals surface area contributed by atoms with E-state index in [-0.39, 0.29) is 17.0 Å². The predicted octanol–water partition coefficient (Wildman–Crippen LogP) is 1.62. The van der Waals surface area contributed by atoms with Gasteiger partial charge in [0.25, 0.3) is 0 Å². The third-order valence-electron chi connectivity index (χ3n) is 2.09. The lowest BCUT2D eigenvalue weighted by atomic mass is 10.1. The summed E-state index contributed by atoms with van der Waals surface area (Å²) in [5, 5.41) is 9.02. The van der Waals surface area contributed by atoms with Crippen LogP contribution < -0.4 is 4.72 Å². The summed E-state index contributed by atoms with van der Waals surface area (Å²) in [6, 6.07) is 4.61. The predicted molar refractivity (Wildman–Crippen MR) is 65.7 cm³/mol. The summed E-state index contributed by atoms with van der Waals surface area (Å²) < 4.78 is 25.3. The lowest BCUT2D eigenvalue weighted by molar-refractivity contribution is 0.0697. The normalized spacial score (nSPS) is 10.9. The number of sulfonamides is 1. The fourth-order valence-corrected chi connectivity index (χ4v) is 2.30. The van der Waals surface area contributed by atoms with Gasteiger partial charge in [-0.3, -0.25) is 4.72 Å². The average Bonchev–Trinajstić information content (AvgIpc) is 2.15. The van der Waals surface area contributed by atoms with E-state index in [1.807, 2.05) is 0 Å². The monoisotopic (exact) mass is 255 g/mol. The Morgan fingerprint density at radius 2 is 2.18 bits per heavy atom. The van der Waals surface area contributed by atoms with Crippen LogP contribution in [0.15, 0.2) is 30.9 Å². The molecule has 0 aliphatic heterocycles. The molecule has 0 amide bonds. The standard InChI is InChI=1S/C11H13NO4S/c1-3-7-17(15,16)12-9-6-4-5-8(2)10(9)11(13)14/h3-6,12H,1,7H2,2H3,(H,13,14). The van der Waals surface area contributed by atoms with Crippen molar-refractivity contribution in [2.24, 2.45) is 0 Å². The van der Waals surface area contributed by atoms with E-state index in [2.05, 4.69) is 11.3 Å². The number of benzene rings is 1. The Labute approximate surface area is 99.8 Å². The molecule has 0 spiro atoms. The molecule has 0 heterocycles. The first-order chi connectivity index (χ1) is 7.87. The number of carbonyl (C=O) groups is 1. The molecule has 0 aliphatic rings. The minimum atomic E-state index is -3.59. The van der Waals surface area contributed by atoms with Gasteiger partial charge in [0.2, 0.25) is 10.0 Å². The van der Waals surface area contributed by atoms with Gasteiger partial charge in [0, 0.05) is 0 Å². The lowest BCUT2D eigenvalue weighted by Crippen LogP contribution is -2.18. The topological polar surface area (TPSA) is 83.5 Å². The number of aryl methyl sites for hydroxylation is 1. The highest BCUT2D eigenvalue weighted by Gasteiger charge is 2.16. The largest absolute Gasteiger partial charge is 0.478 e. The number of anilines is 1. The van der Waals surface area contributed by atoms with Gasteiger partial charge in [-0.25, -0.2) is 13.2 Å². The fraction of sp³-hybridized carbons (Fsp3) is 0.182. The molecular formula is C11H13NO4S. The first-order valence-corrected chi connectivity index (χ1v) is 6.47. The Morgan fingerprint density at radius 3 is 2.71 bits per heavy atom. The van der Waals surface area contributed by atoms with Crippen LogP contribution in [0.4, 0.5) is 5.69 Å². The van der Waals surface area contributed by atoms with E-state index in [9.17, 15) is 13.2 Å². The number of hydrogen-bond donors (Lipinski definition) is 2. The third-order valence-corrected chi connectivity index (χ3v) is 3.29. The first-order valence-electron chi connectivity index (χ1n) is 4.81. The number of carboxylic acids is 1. The van der Waals surface area contributed by atoms with Crippen molar-refractivity contribution >= 4 is 21.7 Å². The Hall–Kier alpha value is -1.82. The molecule has 17 heavy (non-hydrogen) atoms. The summed E-state index contributed by atoms with van der Waals surface area (Å²) in [7, 11) is -3.59. The number of rotatable bonds is 5. The average molecular weight is 255 g/mol. The van der Waals surface area contributed by atoms with Gasteiger partial charge in [0.1, 0.15) is 0 Å². The lowest BCUT2D eigenvalue weighted by Gasteiger charge is -2.10. The summed E-state index contributed by atoms with van der Waals surface area (Å²) in [4.78, 5) is 11.0. The summed E-state index contributed by atoms with van der Waals surface area (Å²) in [6.07, 6.45) is 1.23. The maximum absolute atomic E-state index is 11.5. The van der Waals surface area contributed by atoms with Gasteiger partial charge in [0.15, 0.2) is 0 Å². The quantitative estimate of drug-likeness (QED) is 0.783. The molecular weight excluding hydrogens is 242 g/mol. The number of carboxylic acid groups (broad SMARTS) is 1. The van der Waals surface area contributed by atoms with E-state index in [0.717, 1.165) is 0 Å². The van der Waals surface area contributed by atoms with Gasteiger partial charge < -0.3 is 5.11 Å². The summed E-state index contributed by atoms with van der Waals surface area (Å²) in [5.74, 6) is -1.43. The van der Waals surface area contributed by atoms with Crippen LogP contribution in [0.25, 0.3) is 0 Å². The van der Waals surface area contributed by atoms with Crippen molar-refractivity contribution in [3.05, 3.63) is 42.0 Å². The number of hydrogen-bond acceptors (Lipinski definition) is 3. The van der Waals surface area contributed by atoms with Crippen LogP contribution in [0.5, 0.6) is 0 Å². The van der Waals surface area contributed by atoms with Crippen molar-refractivity contribution in [3.8, 4) is 0 Å². The van der Waals surface area contributed by atoms with Crippen LogP contribution >= 0.6 is 0 Å². The van der Waals surface area contributed by atoms with Gasteiger partial charge in [-0.05, 0) is 18.6 Å². The number of nitrogens with one attached hydrogen (secondary N) is 1. The minimum absolute atomic E-state index is 0.0415. The molecule has 0 atom stereocenters. The Bertz CT molecular complexity index is 549. The molecule has 0 saturated carbocycles. The highest BCUT2D eigenvalue weighted by molar-refractivity contribution is 7.92. The Balaban J connectivity index is 3.20. The van der Waals surface area contributed by atoms with Crippen LogP contribution in [0.1, 0.15) is 15.9 Å². The molecule has 1 aromatic rings. The van der Waals surface area contributed by atoms with E-state index in [1.54, 1.807) is 19.1 Å². The van der Waals surface area contributed by atoms with Crippen molar-refractivity contribution in [1.82, 2.24) is 0 Å². The molecule has 92 valence electrons. The van der Waals surface area contributed by atoms with E-state index in [1.165, 1.54) is 12.1 Å². The second kappa shape index (κ2) is 5.01. The third kappa shape index (κ3) is 3.32. The fourth-order valence-electron chi connectivity index (χ4n) is 1.40. The minimum Gasteiger partial charge on any atom is -0.478 e. The molecule has 0 saturated heterocycles. The highest BCUT2D eigenvalue weighted by Crippen LogP contribution is 2.20. The molecule has 1 aromatic carbocycles. The second-order valence-corrected chi connectivity index (χ2v) is 5.24. The number of aromatic carboxylic acids is 1. The summed E-state index contributed by atoms with van der Waals surface area (Å²) >= 11 is 0. The maximum Gasteiger partial charge on any atom is 0.338 e. The van der Waals surface area contributed by atoms with E-state index >= 15 is 0 Å². The van der Waals surface area contributed by atoms with Crippen LogP contribution in [0.2, 0.25) is 0 Å². The molecule has 0 aliphatic carbocycles. The van der Waals surface area contributed by atoms with Gasteiger partial charge >= 0.3 is 5.97 Å². The van der Waals surface area contributed by atoms with Crippen LogP contribution in [0.3, 0.4) is 0 Å². The highest BCUT2D eigenvalue weighted by atomic mass is 32.2. The molecule has 0 fully saturated rings. The smallest absolute Gasteiger partial charge is 0.338 e. The Kier molecular flexibility index (Phi) is 3.90. The molecule has 6 heteroatoms. The van der Waals surface area contributed by atoms with E-state index < -0.39 is 16.0 Å². The first kappa shape index (κ1) is 13.2. The van der Waals surface area contributed by atoms with Crippen LogP contribution in [0, 0.1) is 6.92 Å². The molecule has 0 aromatic heterocycles. The molecule has 0 unspecified atom stereocenters. The van der Waals surface area contributed by atoms with Gasteiger partial charge in [0.05, 0.1) is 17.0 Å². The van der Waals surface area contributed by atoms with Crippen molar-refractivity contribution in [1.29, 1.82) is 0 Å².